The number of carbonyl (C=O) groups excluding carboxylic acids is 2. The van der Waals surface area contributed by atoms with E-state index in [0.29, 0.717) is 19.5 Å². The standard InChI is InChI=1S/C37H35N5O2S/c1-26-35(45-27(2)40-26)16-17-36(43)42(24-29-12-14-31(15-13-29)33-23-38-19-20-39-33)34(22-28-8-4-3-5-9-28)37(44)41-21-18-30-10-6-7-11-32(30)25-41/h3-17,19-20,23,34H,18,21-22,24-25H2,1-2H3/t34-/m0/s1. The molecule has 1 atom stereocenters. The van der Waals surface area contributed by atoms with Gasteiger partial charge in [-0.25, -0.2) is 4.98 Å². The van der Waals surface area contributed by atoms with Gasteiger partial charge in [-0.2, -0.15) is 0 Å². The molecule has 1 aliphatic heterocycles. The summed E-state index contributed by atoms with van der Waals surface area (Å²) in [5.41, 5.74) is 6.95. The minimum Gasteiger partial charge on any atom is -0.336 e. The number of aromatic nitrogens is 3. The Balaban J connectivity index is 1.35. The molecule has 7 nitrogen and oxygen atoms in total. The van der Waals surface area contributed by atoms with Crippen LogP contribution in [0.1, 0.15) is 37.8 Å². The average Bonchev–Trinajstić information content (AvgIpc) is 3.41. The maximum Gasteiger partial charge on any atom is 0.247 e. The number of hydrogen-bond donors (Lipinski definition) is 0. The Hall–Kier alpha value is -4.95. The largest absolute Gasteiger partial charge is 0.336 e. The topological polar surface area (TPSA) is 79.3 Å². The maximum atomic E-state index is 14.5. The van der Waals surface area contributed by atoms with Gasteiger partial charge in [-0.3, -0.25) is 19.6 Å². The number of nitrogens with zero attached hydrogens (tertiary/aromatic N) is 5. The summed E-state index contributed by atoms with van der Waals surface area (Å²) in [6.07, 6.45) is 9.66. The number of rotatable bonds is 9. The minimum absolute atomic E-state index is 0.0453. The van der Waals surface area contributed by atoms with E-state index < -0.39 is 6.04 Å². The fourth-order valence-corrected chi connectivity index (χ4v) is 6.60. The highest BCUT2D eigenvalue weighted by atomic mass is 32.1. The highest BCUT2D eigenvalue weighted by Crippen LogP contribution is 2.25. The molecular weight excluding hydrogens is 579 g/mol. The van der Waals surface area contributed by atoms with Crippen LogP contribution >= 0.6 is 11.3 Å². The van der Waals surface area contributed by atoms with Crippen molar-refractivity contribution in [1.29, 1.82) is 0 Å². The van der Waals surface area contributed by atoms with Crippen LogP contribution in [0.3, 0.4) is 0 Å². The number of carbonyl (C=O) groups is 2. The van der Waals surface area contributed by atoms with E-state index in [0.717, 1.165) is 49.9 Å². The molecule has 3 heterocycles. The minimum atomic E-state index is -0.696. The Morgan fingerprint density at radius 2 is 1.69 bits per heavy atom. The zero-order valence-electron chi connectivity index (χ0n) is 25.5. The van der Waals surface area contributed by atoms with Crippen molar-refractivity contribution in [3.05, 3.63) is 141 Å². The zero-order valence-corrected chi connectivity index (χ0v) is 26.3. The highest BCUT2D eigenvalue weighted by molar-refractivity contribution is 7.12. The number of thiazole rings is 1. The quantitative estimate of drug-likeness (QED) is 0.179. The second-order valence-electron chi connectivity index (χ2n) is 11.3. The zero-order chi connectivity index (χ0) is 31.2. The third-order valence-corrected chi connectivity index (χ3v) is 9.18. The van der Waals surface area contributed by atoms with E-state index in [4.69, 9.17) is 0 Å². The van der Waals surface area contributed by atoms with Crippen LogP contribution in [0, 0.1) is 13.8 Å². The fraction of sp³-hybridized carbons (Fsp3) is 0.216. The molecule has 0 N–H and O–H groups in total. The predicted octanol–water partition coefficient (Wildman–Crippen LogP) is 6.46. The Morgan fingerprint density at radius 3 is 2.40 bits per heavy atom. The SMILES string of the molecule is Cc1nc(C)c(C=CC(=O)N(Cc2ccc(-c3cnccn3)cc2)[C@@H](Cc2ccccc2)C(=O)N2CCc3ccccc3C2)s1. The molecule has 1 aliphatic rings. The first-order valence-electron chi connectivity index (χ1n) is 15.1. The number of fused-ring (bicyclic) bond motifs is 1. The second-order valence-corrected chi connectivity index (χ2v) is 12.5. The van der Waals surface area contributed by atoms with Gasteiger partial charge in [-0.1, -0.05) is 78.9 Å². The van der Waals surface area contributed by atoms with Crippen molar-refractivity contribution in [2.45, 2.75) is 45.8 Å². The molecule has 0 saturated heterocycles. The molecule has 0 spiro atoms. The Bertz CT molecular complexity index is 1800. The lowest BCUT2D eigenvalue weighted by molar-refractivity contribution is -0.144. The van der Waals surface area contributed by atoms with Crippen LogP contribution < -0.4 is 0 Å². The second kappa shape index (κ2) is 13.8. The molecule has 0 radical (unpaired) electrons. The van der Waals surface area contributed by atoms with Gasteiger partial charge in [-0.15, -0.1) is 11.3 Å². The van der Waals surface area contributed by atoms with Crippen LogP contribution in [0.15, 0.2) is 104 Å². The first-order chi connectivity index (χ1) is 21.9. The summed E-state index contributed by atoms with van der Waals surface area (Å²) >= 11 is 1.55. The molecule has 3 aromatic carbocycles. The molecule has 8 heteroatoms. The van der Waals surface area contributed by atoms with Gasteiger partial charge in [0.1, 0.15) is 6.04 Å². The summed E-state index contributed by atoms with van der Waals surface area (Å²) in [4.78, 5) is 46.4. The van der Waals surface area contributed by atoms with Crippen molar-refractivity contribution in [3.8, 4) is 11.3 Å². The number of amides is 2. The molecule has 0 fully saturated rings. The van der Waals surface area contributed by atoms with E-state index in [9.17, 15) is 9.59 Å². The molecule has 2 amide bonds. The monoisotopic (exact) mass is 613 g/mol. The van der Waals surface area contributed by atoms with E-state index in [1.807, 2.05) is 91.6 Å². The lowest BCUT2D eigenvalue weighted by Crippen LogP contribution is -2.52. The molecule has 0 unspecified atom stereocenters. The summed E-state index contributed by atoms with van der Waals surface area (Å²) < 4.78 is 0. The van der Waals surface area contributed by atoms with Crippen molar-refractivity contribution >= 4 is 29.2 Å². The number of benzene rings is 3. The summed E-state index contributed by atoms with van der Waals surface area (Å²) in [5, 5.41) is 0.946. The van der Waals surface area contributed by atoms with Crippen LogP contribution in [0.25, 0.3) is 17.3 Å². The number of aryl methyl sites for hydroxylation is 2. The van der Waals surface area contributed by atoms with Gasteiger partial charge in [-0.05, 0) is 48.6 Å². The van der Waals surface area contributed by atoms with Crippen LogP contribution in [0.2, 0.25) is 0 Å². The first-order valence-corrected chi connectivity index (χ1v) is 15.9. The van der Waals surface area contributed by atoms with Gasteiger partial charge >= 0.3 is 0 Å². The third-order valence-electron chi connectivity index (χ3n) is 8.14. The molecule has 0 bridgehead atoms. The molecule has 0 saturated carbocycles. The van der Waals surface area contributed by atoms with Crippen molar-refractivity contribution in [3.63, 3.8) is 0 Å². The van der Waals surface area contributed by atoms with Gasteiger partial charge in [0.15, 0.2) is 0 Å². The fourth-order valence-electron chi connectivity index (χ4n) is 5.77. The van der Waals surface area contributed by atoms with Crippen molar-refractivity contribution in [2.75, 3.05) is 6.54 Å². The van der Waals surface area contributed by atoms with E-state index >= 15 is 0 Å². The molecular formula is C37H35N5O2S. The highest BCUT2D eigenvalue weighted by Gasteiger charge is 2.34. The van der Waals surface area contributed by atoms with Gasteiger partial charge in [0.05, 0.1) is 27.5 Å². The van der Waals surface area contributed by atoms with Crippen molar-refractivity contribution in [2.24, 2.45) is 0 Å². The lowest BCUT2D eigenvalue weighted by Gasteiger charge is -2.37. The first kappa shape index (κ1) is 30.1. The summed E-state index contributed by atoms with van der Waals surface area (Å²) in [6, 6.07) is 25.5. The van der Waals surface area contributed by atoms with E-state index in [2.05, 4.69) is 27.1 Å². The Labute approximate surface area is 267 Å². The molecule has 2 aromatic heterocycles. The predicted molar refractivity (Wildman–Crippen MR) is 178 cm³/mol. The van der Waals surface area contributed by atoms with Crippen LogP contribution in [0.5, 0.6) is 0 Å². The number of hydrogen-bond acceptors (Lipinski definition) is 6. The van der Waals surface area contributed by atoms with Gasteiger partial charge < -0.3 is 9.80 Å². The lowest BCUT2D eigenvalue weighted by atomic mass is 9.97. The van der Waals surface area contributed by atoms with Crippen molar-refractivity contribution in [1.82, 2.24) is 24.8 Å². The van der Waals surface area contributed by atoms with E-state index in [1.54, 1.807) is 40.9 Å². The average molecular weight is 614 g/mol. The van der Waals surface area contributed by atoms with E-state index in [1.165, 1.54) is 5.56 Å². The summed E-state index contributed by atoms with van der Waals surface area (Å²) in [7, 11) is 0. The molecule has 6 rings (SSSR count). The maximum absolute atomic E-state index is 14.5. The normalized spacial score (nSPS) is 13.4. The molecule has 45 heavy (non-hydrogen) atoms. The van der Waals surface area contributed by atoms with Crippen LogP contribution in [-0.4, -0.2) is 49.2 Å². The van der Waals surface area contributed by atoms with Gasteiger partial charge in [0.2, 0.25) is 11.8 Å². The van der Waals surface area contributed by atoms with Gasteiger partial charge in [0, 0.05) is 50.1 Å². The Morgan fingerprint density at radius 1 is 0.933 bits per heavy atom. The summed E-state index contributed by atoms with van der Waals surface area (Å²) in [5.74, 6) is -0.263. The van der Waals surface area contributed by atoms with Crippen LogP contribution in [0.4, 0.5) is 0 Å². The summed E-state index contributed by atoms with van der Waals surface area (Å²) in [6.45, 7) is 5.33. The Kier molecular flexibility index (Phi) is 9.22. The molecule has 0 aliphatic carbocycles. The molecule has 226 valence electrons. The van der Waals surface area contributed by atoms with Crippen LogP contribution in [-0.2, 0) is 35.5 Å². The van der Waals surface area contributed by atoms with Gasteiger partial charge in [0.25, 0.3) is 0 Å². The smallest absolute Gasteiger partial charge is 0.247 e. The van der Waals surface area contributed by atoms with E-state index in [-0.39, 0.29) is 18.4 Å². The van der Waals surface area contributed by atoms with Crippen molar-refractivity contribution < 1.29 is 9.59 Å². The third kappa shape index (κ3) is 7.24. The molecule has 5 aromatic rings.